The molecule has 0 bridgehead atoms. The first-order chi connectivity index (χ1) is 16.2. The molecule has 0 unspecified atom stereocenters. The average Bonchev–Trinajstić information content (AvgIpc) is 2.82. The lowest BCUT2D eigenvalue weighted by atomic mass is 10.2. The molecule has 2 aromatic rings. The van der Waals surface area contributed by atoms with E-state index < -0.39 is 10.0 Å². The highest BCUT2D eigenvalue weighted by Crippen LogP contribution is 2.24. The van der Waals surface area contributed by atoms with Crippen molar-refractivity contribution in [2.24, 2.45) is 0 Å². The van der Waals surface area contributed by atoms with Crippen LogP contribution < -0.4 is 9.04 Å². The van der Waals surface area contributed by atoms with Gasteiger partial charge in [-0.05, 0) is 48.9 Å². The highest BCUT2D eigenvalue weighted by Gasteiger charge is 2.25. The SMILES string of the molecule is CCOC(=O)N1CCN(C(=O)COc2ccc(N(Cc3ccc(Cl)cc3)S(C)(=O)=O)cc2)CC1. The third kappa shape index (κ3) is 7.01. The molecular formula is C23H28ClN3O6S. The van der Waals surface area contributed by atoms with Crippen molar-refractivity contribution in [3.05, 3.63) is 59.1 Å². The molecule has 2 aromatic carbocycles. The van der Waals surface area contributed by atoms with Gasteiger partial charge in [0.25, 0.3) is 5.91 Å². The van der Waals surface area contributed by atoms with Gasteiger partial charge in [-0.25, -0.2) is 13.2 Å². The van der Waals surface area contributed by atoms with Gasteiger partial charge in [0.2, 0.25) is 10.0 Å². The summed E-state index contributed by atoms with van der Waals surface area (Å²) in [4.78, 5) is 27.5. The zero-order valence-electron chi connectivity index (χ0n) is 19.1. The molecule has 0 aromatic heterocycles. The maximum atomic E-state index is 12.5. The quantitative estimate of drug-likeness (QED) is 0.542. The Morgan fingerprint density at radius 2 is 1.56 bits per heavy atom. The molecule has 2 amide bonds. The lowest BCUT2D eigenvalue weighted by Crippen LogP contribution is -2.51. The number of sulfonamides is 1. The van der Waals surface area contributed by atoms with Crippen molar-refractivity contribution >= 4 is 39.3 Å². The summed E-state index contributed by atoms with van der Waals surface area (Å²) >= 11 is 5.91. The number of hydrogen-bond acceptors (Lipinski definition) is 6. The summed E-state index contributed by atoms with van der Waals surface area (Å²) in [5.74, 6) is 0.260. The molecule has 34 heavy (non-hydrogen) atoms. The van der Waals surface area contributed by atoms with E-state index in [4.69, 9.17) is 21.1 Å². The van der Waals surface area contributed by atoms with E-state index in [9.17, 15) is 18.0 Å². The molecule has 1 fully saturated rings. The first-order valence-electron chi connectivity index (χ1n) is 10.8. The number of benzene rings is 2. The van der Waals surface area contributed by atoms with Crippen molar-refractivity contribution in [1.29, 1.82) is 0 Å². The minimum Gasteiger partial charge on any atom is -0.484 e. The number of amides is 2. The molecule has 3 rings (SSSR count). The molecule has 0 spiro atoms. The summed E-state index contributed by atoms with van der Waals surface area (Å²) < 4.78 is 36.6. The Hall–Kier alpha value is -2.98. The number of piperazine rings is 1. The van der Waals surface area contributed by atoms with Crippen LogP contribution in [0.1, 0.15) is 12.5 Å². The standard InChI is InChI=1S/C23H28ClN3O6S/c1-3-32-23(29)26-14-12-25(13-15-26)22(28)17-33-21-10-8-20(9-11-21)27(34(2,30)31)16-18-4-6-19(24)7-5-18/h4-11H,3,12-17H2,1-2H3. The average molecular weight is 510 g/mol. The summed E-state index contributed by atoms with van der Waals surface area (Å²) in [6, 6.07) is 13.5. The normalized spacial score (nSPS) is 14.0. The zero-order valence-corrected chi connectivity index (χ0v) is 20.7. The fraction of sp³-hybridized carbons (Fsp3) is 0.391. The summed E-state index contributed by atoms with van der Waals surface area (Å²) in [7, 11) is -3.53. The van der Waals surface area contributed by atoms with E-state index in [0.717, 1.165) is 11.8 Å². The van der Waals surface area contributed by atoms with Gasteiger partial charge in [-0.3, -0.25) is 9.10 Å². The third-order valence-corrected chi connectivity index (χ3v) is 6.68. The molecule has 11 heteroatoms. The van der Waals surface area contributed by atoms with E-state index >= 15 is 0 Å². The van der Waals surface area contributed by atoms with Crippen LogP contribution in [0.2, 0.25) is 5.02 Å². The lowest BCUT2D eigenvalue weighted by Gasteiger charge is -2.33. The zero-order chi connectivity index (χ0) is 24.7. The molecule has 9 nitrogen and oxygen atoms in total. The highest BCUT2D eigenvalue weighted by atomic mass is 35.5. The predicted molar refractivity (Wildman–Crippen MR) is 130 cm³/mol. The molecule has 1 heterocycles. The Bertz CT molecular complexity index is 1080. The van der Waals surface area contributed by atoms with Crippen LogP contribution in [0.5, 0.6) is 5.75 Å². The Morgan fingerprint density at radius 3 is 2.12 bits per heavy atom. The Labute approximate surface area is 204 Å². The number of halogens is 1. The van der Waals surface area contributed by atoms with Gasteiger partial charge in [0, 0.05) is 31.2 Å². The highest BCUT2D eigenvalue weighted by molar-refractivity contribution is 7.92. The maximum Gasteiger partial charge on any atom is 0.409 e. The van der Waals surface area contributed by atoms with Gasteiger partial charge in [0.05, 0.1) is 25.1 Å². The first-order valence-corrected chi connectivity index (χ1v) is 13.0. The van der Waals surface area contributed by atoms with Crippen LogP contribution in [0.25, 0.3) is 0 Å². The van der Waals surface area contributed by atoms with E-state index in [1.165, 1.54) is 4.31 Å². The van der Waals surface area contributed by atoms with Crippen molar-refractivity contribution in [1.82, 2.24) is 9.80 Å². The van der Waals surface area contributed by atoms with Crippen molar-refractivity contribution in [3.63, 3.8) is 0 Å². The van der Waals surface area contributed by atoms with Gasteiger partial charge in [0.15, 0.2) is 6.61 Å². The monoisotopic (exact) mass is 509 g/mol. The fourth-order valence-corrected chi connectivity index (χ4v) is 4.47. The van der Waals surface area contributed by atoms with E-state index in [-0.39, 0.29) is 25.2 Å². The molecule has 0 radical (unpaired) electrons. The smallest absolute Gasteiger partial charge is 0.409 e. The first kappa shape index (κ1) is 25.6. The number of nitrogens with zero attached hydrogens (tertiary/aromatic N) is 3. The number of carbonyl (C=O) groups excluding carboxylic acids is 2. The summed E-state index contributed by atoms with van der Waals surface area (Å²) in [6.45, 7) is 3.71. The predicted octanol–water partition coefficient (Wildman–Crippen LogP) is 2.99. The number of anilines is 1. The number of rotatable bonds is 8. The van der Waals surface area contributed by atoms with Gasteiger partial charge < -0.3 is 19.3 Å². The molecule has 1 aliphatic rings. The Balaban J connectivity index is 1.55. The second kappa shape index (κ2) is 11.4. The largest absolute Gasteiger partial charge is 0.484 e. The van der Waals surface area contributed by atoms with Gasteiger partial charge in [-0.15, -0.1) is 0 Å². The van der Waals surface area contributed by atoms with Crippen LogP contribution in [-0.4, -0.2) is 75.9 Å². The van der Waals surface area contributed by atoms with E-state index in [1.54, 1.807) is 65.3 Å². The van der Waals surface area contributed by atoms with Crippen LogP contribution in [-0.2, 0) is 26.1 Å². The van der Waals surface area contributed by atoms with Crippen LogP contribution in [0.3, 0.4) is 0 Å². The molecule has 1 aliphatic heterocycles. The fourth-order valence-electron chi connectivity index (χ4n) is 3.45. The number of hydrogen-bond donors (Lipinski definition) is 0. The minimum atomic E-state index is -3.53. The molecule has 0 atom stereocenters. The van der Waals surface area contributed by atoms with Gasteiger partial charge in [-0.2, -0.15) is 0 Å². The van der Waals surface area contributed by atoms with Gasteiger partial charge in [0.1, 0.15) is 5.75 Å². The molecule has 1 saturated heterocycles. The second-order valence-corrected chi connectivity index (χ2v) is 10.1. The van der Waals surface area contributed by atoms with E-state index in [0.29, 0.717) is 49.2 Å². The molecule has 0 N–H and O–H groups in total. The topological polar surface area (TPSA) is 96.5 Å². The minimum absolute atomic E-state index is 0.153. The molecule has 0 saturated carbocycles. The summed E-state index contributed by atoms with van der Waals surface area (Å²) in [5, 5.41) is 0.576. The van der Waals surface area contributed by atoms with Crippen LogP contribution in [0.15, 0.2) is 48.5 Å². The van der Waals surface area contributed by atoms with Crippen molar-refractivity contribution in [2.75, 3.05) is 50.0 Å². The molecule has 184 valence electrons. The lowest BCUT2D eigenvalue weighted by molar-refractivity contribution is -0.134. The van der Waals surface area contributed by atoms with Crippen LogP contribution in [0.4, 0.5) is 10.5 Å². The summed E-state index contributed by atoms with van der Waals surface area (Å²) in [6.07, 6.45) is 0.776. The Kier molecular flexibility index (Phi) is 8.62. The molecular weight excluding hydrogens is 482 g/mol. The number of carbonyl (C=O) groups is 2. The van der Waals surface area contributed by atoms with E-state index in [2.05, 4.69) is 0 Å². The van der Waals surface area contributed by atoms with Crippen molar-refractivity contribution < 1.29 is 27.5 Å². The van der Waals surface area contributed by atoms with Gasteiger partial charge in [-0.1, -0.05) is 23.7 Å². The number of ether oxygens (including phenoxy) is 2. The van der Waals surface area contributed by atoms with Gasteiger partial charge >= 0.3 is 6.09 Å². The Morgan fingerprint density at radius 1 is 0.971 bits per heavy atom. The van der Waals surface area contributed by atoms with Crippen molar-refractivity contribution in [2.45, 2.75) is 13.5 Å². The van der Waals surface area contributed by atoms with Crippen molar-refractivity contribution in [3.8, 4) is 5.75 Å². The summed E-state index contributed by atoms with van der Waals surface area (Å²) in [5.41, 5.74) is 1.27. The van der Waals surface area contributed by atoms with E-state index in [1.807, 2.05) is 0 Å². The van der Waals surface area contributed by atoms with Crippen LogP contribution >= 0.6 is 11.6 Å². The second-order valence-electron chi connectivity index (χ2n) is 7.75. The molecule has 0 aliphatic carbocycles. The van der Waals surface area contributed by atoms with Crippen LogP contribution in [0, 0.1) is 0 Å². The maximum absolute atomic E-state index is 12.5. The third-order valence-electron chi connectivity index (χ3n) is 5.29.